The monoisotopic (exact) mass is 592 g/mol. The van der Waals surface area contributed by atoms with Crippen molar-refractivity contribution in [3.05, 3.63) is 10.4 Å². The number of hydrogen-bond donors (Lipinski definition) is 4. The zero-order valence-electron chi connectivity index (χ0n) is 23.1. The van der Waals surface area contributed by atoms with E-state index in [1.54, 1.807) is 0 Å². The van der Waals surface area contributed by atoms with E-state index in [1.165, 1.54) is 0 Å². The third-order valence-electron chi connectivity index (χ3n) is 5.94. The molecule has 4 N–H and O–H groups in total. The predicted octanol–water partition coefficient (Wildman–Crippen LogP) is -0.429. The summed E-state index contributed by atoms with van der Waals surface area (Å²) >= 11 is 0. The van der Waals surface area contributed by atoms with E-state index in [9.17, 15) is 39.3 Å². The number of aliphatic hydroxyl groups is 1. The maximum Gasteiger partial charge on any atom is 0.342 e. The van der Waals surface area contributed by atoms with E-state index >= 15 is 0 Å². The van der Waals surface area contributed by atoms with Crippen molar-refractivity contribution < 1.29 is 67.7 Å². The van der Waals surface area contributed by atoms with Gasteiger partial charge in [-0.3, -0.25) is 19.2 Å². The van der Waals surface area contributed by atoms with E-state index < -0.39 is 91.4 Å². The Bertz CT molecular complexity index is 970. The summed E-state index contributed by atoms with van der Waals surface area (Å²) in [6.07, 6.45) is -5.99. The highest BCUT2D eigenvalue weighted by Gasteiger charge is 2.52. The Labute approximate surface area is 234 Å². The Kier molecular flexibility index (Phi) is 15.0. The van der Waals surface area contributed by atoms with Gasteiger partial charge in [-0.05, 0) is 12.5 Å². The molecule has 0 bridgehead atoms. The number of carbonyl (C=O) groups is 5. The van der Waals surface area contributed by atoms with Crippen LogP contribution in [0.15, 0.2) is 5.11 Å². The van der Waals surface area contributed by atoms with Gasteiger partial charge in [0, 0.05) is 37.1 Å². The molecule has 1 saturated heterocycles. The van der Waals surface area contributed by atoms with E-state index in [0.717, 1.165) is 27.9 Å². The second-order valence-corrected chi connectivity index (χ2v) is 9.14. The van der Waals surface area contributed by atoms with Gasteiger partial charge in [-0.25, -0.2) is 4.79 Å². The molecule has 0 aromatic rings. The summed E-state index contributed by atoms with van der Waals surface area (Å²) in [5, 5.41) is 35.8. The second-order valence-electron chi connectivity index (χ2n) is 9.14. The molecule has 0 aliphatic carbocycles. The zero-order chi connectivity index (χ0) is 31.2. The van der Waals surface area contributed by atoms with Crippen LogP contribution in [0, 0.1) is 11.8 Å². The van der Waals surface area contributed by atoms with Crippen molar-refractivity contribution in [3.63, 3.8) is 0 Å². The summed E-state index contributed by atoms with van der Waals surface area (Å²) in [5.41, 5.74) is 5.83. The minimum absolute atomic E-state index is 0.0385. The van der Waals surface area contributed by atoms with Crippen molar-refractivity contribution in [2.45, 2.75) is 63.9 Å². The fourth-order valence-electron chi connectivity index (χ4n) is 4.18. The molecule has 1 rings (SSSR count). The lowest BCUT2D eigenvalue weighted by Gasteiger charge is -2.47. The largest absolute Gasteiger partial charge is 0.481 e. The third-order valence-corrected chi connectivity index (χ3v) is 5.94. The summed E-state index contributed by atoms with van der Waals surface area (Å²) in [4.78, 5) is 62.0. The smallest absolute Gasteiger partial charge is 0.342 e. The Morgan fingerprint density at radius 1 is 1.07 bits per heavy atom. The van der Waals surface area contributed by atoms with Gasteiger partial charge in [-0.1, -0.05) is 5.11 Å². The van der Waals surface area contributed by atoms with Crippen LogP contribution in [0.3, 0.4) is 0 Å². The fraction of sp³-hybridized carbons (Fsp3) is 0.783. The van der Waals surface area contributed by atoms with Gasteiger partial charge in [0.05, 0.1) is 51.9 Å². The molecule has 1 amide bonds. The van der Waals surface area contributed by atoms with Crippen LogP contribution in [0.25, 0.3) is 10.4 Å². The van der Waals surface area contributed by atoms with Gasteiger partial charge in [0.2, 0.25) is 11.5 Å². The first-order valence-corrected chi connectivity index (χ1v) is 12.4. The van der Waals surface area contributed by atoms with Crippen LogP contribution in [-0.4, -0.2) is 116 Å². The molecule has 41 heavy (non-hydrogen) atoms. The summed E-state index contributed by atoms with van der Waals surface area (Å²) < 4.78 is 32.1. The summed E-state index contributed by atoms with van der Waals surface area (Å²) in [6.45, 7) is 2.45. The molecule has 1 aliphatic heterocycles. The van der Waals surface area contributed by atoms with Gasteiger partial charge in [0.15, 0.2) is 12.6 Å². The minimum atomic E-state index is -2.48. The molecule has 2 unspecified atom stereocenters. The normalized spacial score (nSPS) is 24.2. The lowest BCUT2D eigenvalue weighted by atomic mass is 9.75. The van der Waals surface area contributed by atoms with Crippen molar-refractivity contribution in [2.24, 2.45) is 17.0 Å². The molecule has 18 heteroatoms. The van der Waals surface area contributed by atoms with Crippen LogP contribution in [0.1, 0.15) is 33.6 Å². The summed E-state index contributed by atoms with van der Waals surface area (Å²) in [6, 6.07) is -1.32. The van der Waals surface area contributed by atoms with Crippen LogP contribution in [0.2, 0.25) is 0 Å². The number of carboxylic acid groups (broad SMARTS) is 2. The van der Waals surface area contributed by atoms with Gasteiger partial charge in [-0.15, -0.1) is 0 Å². The maximum absolute atomic E-state index is 12.4. The van der Waals surface area contributed by atoms with E-state index in [1.807, 2.05) is 0 Å². The number of carbonyl (C=O) groups excluding carboxylic acids is 3. The van der Waals surface area contributed by atoms with Gasteiger partial charge in [0.1, 0.15) is 6.61 Å². The first kappa shape index (κ1) is 35.5. The number of amides is 1. The quantitative estimate of drug-likeness (QED) is 0.0393. The molecule has 1 heterocycles. The SMILES string of the molecule is COC(=O)C(C)(O)C(OCCOCCN=[N+]=[N-])O[C@@H]1O[C@@H](COC(C)=O)[C@@H](CC(=O)O)[C@@H](CC(=O)O)[C@H]1NC(C)=O. The molecular formula is C23H36N4O14. The highest BCUT2D eigenvalue weighted by Crippen LogP contribution is 2.38. The van der Waals surface area contributed by atoms with Gasteiger partial charge in [0.25, 0.3) is 0 Å². The van der Waals surface area contributed by atoms with Gasteiger partial charge < -0.3 is 49.1 Å². The first-order valence-electron chi connectivity index (χ1n) is 12.4. The predicted molar refractivity (Wildman–Crippen MR) is 133 cm³/mol. The van der Waals surface area contributed by atoms with E-state index in [0.29, 0.717) is 0 Å². The molecule has 0 aromatic carbocycles. The highest BCUT2D eigenvalue weighted by atomic mass is 16.8. The van der Waals surface area contributed by atoms with Crippen LogP contribution in [0.4, 0.5) is 0 Å². The molecule has 0 spiro atoms. The molecule has 1 aliphatic rings. The van der Waals surface area contributed by atoms with Crippen molar-refractivity contribution in [2.75, 3.05) is 40.1 Å². The standard InChI is InChI=1S/C23H36N4O14/c1-12(28)26-19-15(10-18(32)33)14(9-17(30)31)16(11-39-13(2)29)40-20(19)41-22(23(3,35)21(34)36-4)38-8-7-37-6-5-25-27-24/h14-16,19-20,22,35H,5-11H2,1-4H3,(H,26,28)(H,30,31)(H,32,33)/t14-,15+,16-,19+,20-,22?,23?/m0/s1. The van der Waals surface area contributed by atoms with Crippen LogP contribution >= 0.6 is 0 Å². The van der Waals surface area contributed by atoms with Crippen molar-refractivity contribution in [1.29, 1.82) is 0 Å². The van der Waals surface area contributed by atoms with E-state index in [-0.39, 0.29) is 26.4 Å². The number of nitrogens with one attached hydrogen (secondary N) is 1. The lowest BCUT2D eigenvalue weighted by molar-refractivity contribution is -0.330. The van der Waals surface area contributed by atoms with Crippen molar-refractivity contribution >= 4 is 29.8 Å². The van der Waals surface area contributed by atoms with Gasteiger partial charge in [-0.2, -0.15) is 0 Å². The molecule has 0 aromatic heterocycles. The number of azide groups is 1. The van der Waals surface area contributed by atoms with Crippen LogP contribution < -0.4 is 5.32 Å². The average molecular weight is 593 g/mol. The van der Waals surface area contributed by atoms with Crippen LogP contribution in [-0.2, 0) is 52.4 Å². The average Bonchev–Trinajstić information content (AvgIpc) is 2.87. The lowest BCUT2D eigenvalue weighted by Crippen LogP contribution is -2.63. The Balaban J connectivity index is 3.42. The molecule has 1 fully saturated rings. The number of ether oxygens (including phenoxy) is 6. The minimum Gasteiger partial charge on any atom is -0.481 e. The number of aliphatic carboxylic acids is 2. The number of methoxy groups -OCH3 is 1. The number of carboxylic acids is 2. The van der Waals surface area contributed by atoms with Gasteiger partial charge >= 0.3 is 23.9 Å². The summed E-state index contributed by atoms with van der Waals surface area (Å²) in [7, 11) is 0.998. The molecule has 0 radical (unpaired) electrons. The van der Waals surface area contributed by atoms with E-state index in [2.05, 4.69) is 20.1 Å². The Morgan fingerprint density at radius 2 is 1.71 bits per heavy atom. The number of rotatable bonds is 18. The Morgan fingerprint density at radius 3 is 2.24 bits per heavy atom. The molecule has 18 nitrogen and oxygen atoms in total. The second kappa shape index (κ2) is 17.3. The third kappa shape index (κ3) is 11.8. The van der Waals surface area contributed by atoms with Crippen molar-refractivity contribution in [3.8, 4) is 0 Å². The molecular weight excluding hydrogens is 556 g/mol. The van der Waals surface area contributed by atoms with E-state index in [4.69, 9.17) is 29.2 Å². The molecule has 232 valence electrons. The fourth-order valence-corrected chi connectivity index (χ4v) is 4.18. The zero-order valence-corrected chi connectivity index (χ0v) is 23.1. The molecule has 7 atom stereocenters. The number of hydrogen-bond acceptors (Lipinski definition) is 13. The Hall–Kier alpha value is -3.54. The number of nitrogens with zero attached hydrogens (tertiary/aromatic N) is 3. The maximum atomic E-state index is 12.4. The van der Waals surface area contributed by atoms with Crippen LogP contribution in [0.5, 0.6) is 0 Å². The van der Waals surface area contributed by atoms with Crippen molar-refractivity contribution in [1.82, 2.24) is 5.32 Å². The molecule has 0 saturated carbocycles. The topological polar surface area (TPSA) is 262 Å². The highest BCUT2D eigenvalue weighted by molar-refractivity contribution is 5.79. The number of esters is 2. The summed E-state index contributed by atoms with van der Waals surface area (Å²) in [5.74, 6) is -7.42. The first-order chi connectivity index (χ1) is 19.2.